The molecule has 0 aliphatic carbocycles. The van der Waals surface area contributed by atoms with Crippen LogP contribution in [0.25, 0.3) is 10.8 Å². The largest absolute Gasteiger partial charge is 0.483 e. The maximum Gasteiger partial charge on any atom is 0.277 e. The molecule has 0 radical (unpaired) electrons. The third-order valence-corrected chi connectivity index (χ3v) is 4.44. The second-order valence-electron chi connectivity index (χ2n) is 5.34. The van der Waals surface area contributed by atoms with Gasteiger partial charge < -0.3 is 4.74 Å². The minimum atomic E-state index is -0.398. The first-order valence-electron chi connectivity index (χ1n) is 7.61. The number of hydrogen-bond donors (Lipinski definition) is 1. The van der Waals surface area contributed by atoms with Gasteiger partial charge in [0.1, 0.15) is 5.75 Å². The molecule has 1 N–H and O–H groups in total. The lowest BCUT2D eigenvalue weighted by Gasteiger charge is -2.09. The SMILES string of the molecule is O=C(COc1ccc(Cl)c2ccccc12)N/N=C\c1ccc(Cl)cc1Cl. The summed E-state index contributed by atoms with van der Waals surface area (Å²) >= 11 is 18.0. The van der Waals surface area contributed by atoms with Crippen molar-refractivity contribution in [3.8, 4) is 5.75 Å². The second-order valence-corrected chi connectivity index (χ2v) is 6.59. The number of ether oxygens (including phenoxy) is 1. The Kier molecular flexibility index (Phi) is 5.99. The van der Waals surface area contributed by atoms with Crippen molar-refractivity contribution in [3.05, 3.63) is 75.2 Å². The lowest BCUT2D eigenvalue weighted by atomic mass is 10.1. The zero-order valence-corrected chi connectivity index (χ0v) is 15.6. The van der Waals surface area contributed by atoms with Gasteiger partial charge in [0.15, 0.2) is 6.61 Å². The summed E-state index contributed by atoms with van der Waals surface area (Å²) in [5.41, 5.74) is 3.03. The van der Waals surface area contributed by atoms with Crippen molar-refractivity contribution in [3.63, 3.8) is 0 Å². The smallest absolute Gasteiger partial charge is 0.277 e. The van der Waals surface area contributed by atoms with Crippen LogP contribution in [0.5, 0.6) is 5.75 Å². The van der Waals surface area contributed by atoms with Crippen LogP contribution in [0.4, 0.5) is 0 Å². The van der Waals surface area contributed by atoms with E-state index in [1.165, 1.54) is 6.21 Å². The van der Waals surface area contributed by atoms with Crippen molar-refractivity contribution >= 4 is 57.7 Å². The van der Waals surface area contributed by atoms with Crippen LogP contribution in [-0.2, 0) is 4.79 Å². The first kappa shape index (κ1) is 18.5. The van der Waals surface area contributed by atoms with E-state index in [4.69, 9.17) is 39.5 Å². The fourth-order valence-electron chi connectivity index (χ4n) is 2.32. The molecule has 0 aliphatic heterocycles. The average Bonchev–Trinajstić information content (AvgIpc) is 2.63. The molecule has 1 amide bonds. The van der Waals surface area contributed by atoms with Crippen LogP contribution >= 0.6 is 34.8 Å². The van der Waals surface area contributed by atoms with Gasteiger partial charge in [0.2, 0.25) is 0 Å². The highest BCUT2D eigenvalue weighted by Gasteiger charge is 2.07. The van der Waals surface area contributed by atoms with Crippen LogP contribution in [0.2, 0.25) is 15.1 Å². The highest BCUT2D eigenvalue weighted by atomic mass is 35.5. The predicted molar refractivity (Wildman–Crippen MR) is 107 cm³/mol. The number of hydrogen-bond acceptors (Lipinski definition) is 3. The zero-order chi connectivity index (χ0) is 18.5. The summed E-state index contributed by atoms with van der Waals surface area (Å²) in [7, 11) is 0. The van der Waals surface area contributed by atoms with Gasteiger partial charge in [-0.05, 0) is 24.3 Å². The summed E-state index contributed by atoms with van der Waals surface area (Å²) in [6, 6.07) is 16.0. The predicted octanol–water partition coefficient (Wildman–Crippen LogP) is 5.33. The number of fused-ring (bicyclic) bond motifs is 1. The average molecular weight is 408 g/mol. The van der Waals surface area contributed by atoms with Crippen molar-refractivity contribution in [2.45, 2.75) is 0 Å². The molecule has 0 bridgehead atoms. The molecule has 3 aromatic carbocycles. The molecular weight excluding hydrogens is 395 g/mol. The lowest BCUT2D eigenvalue weighted by molar-refractivity contribution is -0.123. The van der Waals surface area contributed by atoms with E-state index in [1.54, 1.807) is 30.3 Å². The zero-order valence-electron chi connectivity index (χ0n) is 13.4. The molecule has 132 valence electrons. The Morgan fingerprint density at radius 1 is 1.00 bits per heavy atom. The Hall–Kier alpha value is -2.27. The summed E-state index contributed by atoms with van der Waals surface area (Å²) in [4.78, 5) is 11.9. The quantitative estimate of drug-likeness (QED) is 0.459. The normalized spacial score (nSPS) is 11.0. The van der Waals surface area contributed by atoms with Crippen molar-refractivity contribution in [1.82, 2.24) is 5.43 Å². The van der Waals surface area contributed by atoms with Crippen LogP contribution in [0.3, 0.4) is 0 Å². The highest BCUT2D eigenvalue weighted by Crippen LogP contribution is 2.31. The molecule has 0 atom stereocenters. The monoisotopic (exact) mass is 406 g/mol. The van der Waals surface area contributed by atoms with Crippen LogP contribution in [0.1, 0.15) is 5.56 Å². The third kappa shape index (κ3) is 4.47. The second kappa shape index (κ2) is 8.41. The highest BCUT2D eigenvalue weighted by molar-refractivity contribution is 6.36. The molecule has 0 unspecified atom stereocenters. The number of nitrogens with zero attached hydrogens (tertiary/aromatic N) is 1. The van der Waals surface area contributed by atoms with E-state index in [0.717, 1.165) is 10.8 Å². The van der Waals surface area contributed by atoms with Gasteiger partial charge in [0.25, 0.3) is 5.91 Å². The summed E-state index contributed by atoms with van der Waals surface area (Å²) < 4.78 is 5.59. The van der Waals surface area contributed by atoms with Crippen molar-refractivity contribution in [2.75, 3.05) is 6.61 Å². The Balaban J connectivity index is 1.61. The number of carbonyl (C=O) groups is 1. The van der Waals surface area contributed by atoms with E-state index in [1.807, 2.05) is 24.3 Å². The van der Waals surface area contributed by atoms with Crippen LogP contribution in [0.15, 0.2) is 59.7 Å². The van der Waals surface area contributed by atoms with Gasteiger partial charge in [-0.1, -0.05) is 65.1 Å². The maximum atomic E-state index is 11.9. The Labute approximate surface area is 165 Å². The number of amides is 1. The van der Waals surface area contributed by atoms with Gasteiger partial charge in [-0.25, -0.2) is 5.43 Å². The molecule has 0 saturated heterocycles. The number of rotatable bonds is 5. The standard InChI is InChI=1S/C19H13Cl3N2O2/c20-13-6-5-12(17(22)9-13)10-23-24-19(25)11-26-18-8-7-16(21)14-3-1-2-4-15(14)18/h1-10H,11H2,(H,24,25)/b23-10-. The fourth-order valence-corrected chi connectivity index (χ4v) is 3.00. The Morgan fingerprint density at radius 3 is 2.54 bits per heavy atom. The molecular formula is C19H13Cl3N2O2. The van der Waals surface area contributed by atoms with E-state index >= 15 is 0 Å². The van der Waals surface area contributed by atoms with Crippen LogP contribution in [-0.4, -0.2) is 18.7 Å². The summed E-state index contributed by atoms with van der Waals surface area (Å²) in [6.45, 7) is -0.183. The number of halogens is 3. The van der Waals surface area contributed by atoms with Crippen molar-refractivity contribution < 1.29 is 9.53 Å². The van der Waals surface area contributed by atoms with Gasteiger partial charge in [-0.3, -0.25) is 4.79 Å². The Morgan fingerprint density at radius 2 is 1.77 bits per heavy atom. The summed E-state index contributed by atoms with van der Waals surface area (Å²) in [6.07, 6.45) is 1.44. The number of benzene rings is 3. The Bertz CT molecular complexity index is 990. The first-order chi connectivity index (χ1) is 12.5. The molecule has 26 heavy (non-hydrogen) atoms. The first-order valence-corrected chi connectivity index (χ1v) is 8.75. The summed E-state index contributed by atoms with van der Waals surface area (Å²) in [5.74, 6) is 0.176. The van der Waals surface area contributed by atoms with Crippen molar-refractivity contribution in [2.24, 2.45) is 5.10 Å². The minimum absolute atomic E-state index is 0.183. The van der Waals surface area contributed by atoms with E-state index < -0.39 is 5.91 Å². The van der Waals surface area contributed by atoms with E-state index in [9.17, 15) is 4.79 Å². The molecule has 3 aromatic rings. The molecule has 0 heterocycles. The van der Waals surface area contributed by atoms with Crippen LogP contribution in [0, 0.1) is 0 Å². The summed E-state index contributed by atoms with van der Waals surface area (Å²) in [5, 5.41) is 7.17. The number of nitrogens with one attached hydrogen (secondary N) is 1. The maximum absolute atomic E-state index is 11.9. The fraction of sp³-hybridized carbons (Fsp3) is 0.0526. The van der Waals surface area contributed by atoms with Gasteiger partial charge in [-0.15, -0.1) is 0 Å². The molecule has 0 aliphatic rings. The molecule has 7 heteroatoms. The lowest BCUT2D eigenvalue weighted by Crippen LogP contribution is -2.24. The molecule has 3 rings (SSSR count). The minimum Gasteiger partial charge on any atom is -0.483 e. The van der Waals surface area contributed by atoms with Gasteiger partial charge >= 0.3 is 0 Å². The van der Waals surface area contributed by atoms with Crippen molar-refractivity contribution in [1.29, 1.82) is 0 Å². The van der Waals surface area contributed by atoms with E-state index in [-0.39, 0.29) is 6.61 Å². The third-order valence-electron chi connectivity index (χ3n) is 3.55. The molecule has 0 fully saturated rings. The number of hydrazone groups is 1. The van der Waals surface area contributed by atoms with Gasteiger partial charge in [0.05, 0.1) is 11.2 Å². The topological polar surface area (TPSA) is 50.7 Å². The molecule has 0 saturated carbocycles. The van der Waals surface area contributed by atoms with Gasteiger partial charge in [0, 0.05) is 26.4 Å². The number of carbonyl (C=O) groups excluding carboxylic acids is 1. The van der Waals surface area contributed by atoms with E-state index in [0.29, 0.717) is 26.4 Å². The molecule has 4 nitrogen and oxygen atoms in total. The van der Waals surface area contributed by atoms with Crippen LogP contribution < -0.4 is 10.2 Å². The van der Waals surface area contributed by atoms with E-state index in [2.05, 4.69) is 10.5 Å². The molecule has 0 spiro atoms. The van der Waals surface area contributed by atoms with Gasteiger partial charge in [-0.2, -0.15) is 5.10 Å². The molecule has 0 aromatic heterocycles.